The van der Waals surface area contributed by atoms with Gasteiger partial charge in [-0.25, -0.2) is 0 Å². The molecule has 0 amide bonds. The molecule has 0 aromatic heterocycles. The van der Waals surface area contributed by atoms with Crippen LogP contribution in [0.1, 0.15) is 30.5 Å². The van der Waals surface area contributed by atoms with Crippen LogP contribution in [-0.4, -0.2) is 49.6 Å². The molecule has 1 fully saturated rings. The summed E-state index contributed by atoms with van der Waals surface area (Å²) >= 11 is 0. The molecule has 138 valence electrons. The molecule has 1 saturated heterocycles. The molecule has 0 aliphatic carbocycles. The van der Waals surface area contributed by atoms with Gasteiger partial charge in [-0.2, -0.15) is 0 Å². The molecule has 0 atom stereocenters. The minimum Gasteiger partial charge on any atom is -0.394 e. The third-order valence-electron chi connectivity index (χ3n) is 4.14. The zero-order valence-corrected chi connectivity index (χ0v) is 16.5. The maximum absolute atomic E-state index is 3.88. The highest BCUT2D eigenvalue weighted by atomic mass is 15.3. The van der Waals surface area contributed by atoms with E-state index in [1.807, 2.05) is 39.2 Å². The van der Waals surface area contributed by atoms with Crippen molar-refractivity contribution >= 4 is 6.08 Å². The summed E-state index contributed by atoms with van der Waals surface area (Å²) in [5.41, 5.74) is 3.93. The average molecular weight is 342 g/mol. The van der Waals surface area contributed by atoms with E-state index in [1.54, 1.807) is 0 Å². The highest BCUT2D eigenvalue weighted by molar-refractivity contribution is 5.49. The van der Waals surface area contributed by atoms with Crippen molar-refractivity contribution in [2.24, 2.45) is 0 Å². The van der Waals surface area contributed by atoms with E-state index in [2.05, 4.69) is 59.0 Å². The predicted octanol–water partition coefficient (Wildman–Crippen LogP) is 4.07. The molecular weight excluding hydrogens is 306 g/mol. The van der Waals surface area contributed by atoms with Crippen molar-refractivity contribution in [2.75, 3.05) is 39.8 Å². The van der Waals surface area contributed by atoms with E-state index >= 15 is 0 Å². The first kappa shape index (κ1) is 21.2. The van der Waals surface area contributed by atoms with Gasteiger partial charge in [-0.1, -0.05) is 62.4 Å². The van der Waals surface area contributed by atoms with E-state index < -0.39 is 0 Å². The Morgan fingerprint density at radius 3 is 2.36 bits per heavy atom. The van der Waals surface area contributed by atoms with Gasteiger partial charge in [0.15, 0.2) is 0 Å². The van der Waals surface area contributed by atoms with Gasteiger partial charge in [0.2, 0.25) is 0 Å². The van der Waals surface area contributed by atoms with Crippen LogP contribution in [0.15, 0.2) is 49.2 Å². The van der Waals surface area contributed by atoms with Crippen LogP contribution in [0.2, 0.25) is 0 Å². The molecule has 2 rings (SSSR count). The number of nitrogens with zero attached hydrogens (tertiary/aromatic N) is 2. The molecule has 3 nitrogen and oxygen atoms in total. The summed E-state index contributed by atoms with van der Waals surface area (Å²) < 4.78 is 0. The van der Waals surface area contributed by atoms with Gasteiger partial charge in [0, 0.05) is 46.3 Å². The molecule has 1 aromatic rings. The molecule has 0 unspecified atom stereocenters. The summed E-state index contributed by atoms with van der Waals surface area (Å²) in [6, 6.07) is 6.72. The van der Waals surface area contributed by atoms with Crippen molar-refractivity contribution in [3.8, 4) is 0 Å². The van der Waals surface area contributed by atoms with Gasteiger partial charge < -0.3 is 5.32 Å². The fraction of sp³-hybridized carbons (Fsp3) is 0.455. The molecule has 1 heterocycles. The predicted molar refractivity (Wildman–Crippen MR) is 112 cm³/mol. The van der Waals surface area contributed by atoms with E-state index in [-0.39, 0.29) is 0 Å². The summed E-state index contributed by atoms with van der Waals surface area (Å²) in [6.45, 7) is 16.7. The number of allylic oxidation sites excluding steroid dienone is 2. The number of aryl methyl sites for hydroxylation is 1. The summed E-state index contributed by atoms with van der Waals surface area (Å²) in [5.74, 6) is 0. The zero-order valence-electron chi connectivity index (χ0n) is 16.5. The Morgan fingerprint density at radius 2 is 1.72 bits per heavy atom. The lowest BCUT2D eigenvalue weighted by molar-refractivity contribution is 0.137. The van der Waals surface area contributed by atoms with Crippen LogP contribution in [0, 0.1) is 6.92 Å². The number of rotatable bonds is 7. The number of hydrogen-bond donors (Lipinski definition) is 1. The Kier molecular flexibility index (Phi) is 10.6. The zero-order chi connectivity index (χ0) is 18.5. The second-order valence-corrected chi connectivity index (χ2v) is 6.11. The minimum absolute atomic E-state index is 1.03. The Morgan fingerprint density at radius 1 is 1.04 bits per heavy atom. The molecule has 1 aromatic carbocycles. The molecular formula is C22H35N3. The normalized spacial score (nSPS) is 16.0. The fourth-order valence-corrected chi connectivity index (χ4v) is 2.93. The van der Waals surface area contributed by atoms with Crippen LogP contribution in [0.3, 0.4) is 0 Å². The fourth-order valence-electron chi connectivity index (χ4n) is 2.93. The smallest absolute Gasteiger partial charge is 0.0235 e. The van der Waals surface area contributed by atoms with Gasteiger partial charge in [-0.3, -0.25) is 9.80 Å². The first-order valence-corrected chi connectivity index (χ1v) is 9.38. The van der Waals surface area contributed by atoms with E-state index in [9.17, 15) is 0 Å². The lowest BCUT2D eigenvalue weighted by atomic mass is 10.1. The summed E-state index contributed by atoms with van der Waals surface area (Å²) in [6.07, 6.45) is 10.2. The van der Waals surface area contributed by atoms with Gasteiger partial charge in [0.05, 0.1) is 0 Å². The first-order valence-electron chi connectivity index (χ1n) is 9.38. The highest BCUT2D eigenvalue weighted by Crippen LogP contribution is 2.14. The monoisotopic (exact) mass is 341 g/mol. The van der Waals surface area contributed by atoms with Crippen LogP contribution >= 0.6 is 0 Å². The Labute approximate surface area is 154 Å². The Hall–Kier alpha value is -1.84. The number of piperazine rings is 1. The maximum atomic E-state index is 3.88. The molecule has 1 aliphatic heterocycles. The lowest BCUT2D eigenvalue weighted by Crippen LogP contribution is -2.45. The van der Waals surface area contributed by atoms with Crippen LogP contribution < -0.4 is 5.32 Å². The number of nitrogens with one attached hydrogen (secondary N) is 1. The summed E-state index contributed by atoms with van der Waals surface area (Å²) in [5, 5.41) is 2.99. The number of benzene rings is 1. The van der Waals surface area contributed by atoms with Crippen molar-refractivity contribution in [1.82, 2.24) is 15.1 Å². The van der Waals surface area contributed by atoms with E-state index in [0.29, 0.717) is 0 Å². The third kappa shape index (κ3) is 8.19. The molecule has 3 heteroatoms. The van der Waals surface area contributed by atoms with Crippen molar-refractivity contribution < 1.29 is 0 Å². The molecule has 0 radical (unpaired) electrons. The van der Waals surface area contributed by atoms with Crippen molar-refractivity contribution in [3.63, 3.8) is 0 Å². The van der Waals surface area contributed by atoms with E-state index in [0.717, 1.165) is 39.3 Å². The molecule has 1 aliphatic rings. The van der Waals surface area contributed by atoms with Crippen molar-refractivity contribution in [1.29, 1.82) is 0 Å². The van der Waals surface area contributed by atoms with Gasteiger partial charge in [-0.15, -0.1) is 0 Å². The summed E-state index contributed by atoms with van der Waals surface area (Å²) in [4.78, 5) is 5.05. The van der Waals surface area contributed by atoms with Crippen molar-refractivity contribution in [3.05, 3.63) is 65.9 Å². The lowest BCUT2D eigenvalue weighted by Gasteiger charge is -2.34. The molecule has 1 N–H and O–H groups in total. The summed E-state index contributed by atoms with van der Waals surface area (Å²) in [7, 11) is 1.91. The molecule has 0 saturated carbocycles. The Balaban J connectivity index is 0.00000151. The first-order chi connectivity index (χ1) is 12.2. The Bertz CT molecular complexity index is 552. The van der Waals surface area contributed by atoms with Gasteiger partial charge in [0.25, 0.3) is 0 Å². The topological polar surface area (TPSA) is 18.5 Å². The minimum atomic E-state index is 1.03. The highest BCUT2D eigenvalue weighted by Gasteiger charge is 2.16. The van der Waals surface area contributed by atoms with Gasteiger partial charge in [-0.05, 0) is 30.3 Å². The second-order valence-electron chi connectivity index (χ2n) is 6.11. The van der Waals surface area contributed by atoms with E-state index in [4.69, 9.17) is 0 Å². The standard InChI is InChI=1S/C20H29N3.C2H6/c1-4-19-14-18(2)15-20(16-19)17-23-12-10-22(11-13-23)9-7-5-6-8-21-3;1-2/h4-8,14-16,21H,1,9-13,17H2,2-3H3;1-2H3/b7-5-,8-6-;. The molecule has 0 spiro atoms. The largest absolute Gasteiger partial charge is 0.394 e. The molecule has 25 heavy (non-hydrogen) atoms. The second kappa shape index (κ2) is 12.5. The quantitative estimate of drug-likeness (QED) is 0.754. The average Bonchev–Trinajstić information content (AvgIpc) is 2.64. The van der Waals surface area contributed by atoms with Gasteiger partial charge in [0.1, 0.15) is 0 Å². The van der Waals surface area contributed by atoms with E-state index in [1.165, 1.54) is 16.7 Å². The number of hydrogen-bond acceptors (Lipinski definition) is 3. The van der Waals surface area contributed by atoms with Crippen LogP contribution in [0.4, 0.5) is 0 Å². The van der Waals surface area contributed by atoms with Gasteiger partial charge >= 0.3 is 0 Å². The molecule has 0 bridgehead atoms. The van der Waals surface area contributed by atoms with Crippen LogP contribution in [0.25, 0.3) is 6.08 Å². The van der Waals surface area contributed by atoms with Crippen molar-refractivity contribution in [2.45, 2.75) is 27.3 Å². The maximum Gasteiger partial charge on any atom is 0.0235 e. The third-order valence-corrected chi connectivity index (χ3v) is 4.14. The SMILES string of the molecule is C=Cc1cc(C)cc(CN2CCN(C/C=C\C=C/NC)CC2)c1.CC. The van der Waals surface area contributed by atoms with Crippen LogP contribution in [0.5, 0.6) is 0 Å². The van der Waals surface area contributed by atoms with Crippen LogP contribution in [-0.2, 0) is 6.54 Å².